The zero-order valence-electron chi connectivity index (χ0n) is 12.7. The molecule has 0 spiro atoms. The first-order chi connectivity index (χ1) is 9.89. The number of hydrogen-bond acceptors (Lipinski definition) is 6. The van der Waals surface area contributed by atoms with Gasteiger partial charge in [0.05, 0.1) is 12.9 Å². The van der Waals surface area contributed by atoms with E-state index in [-0.39, 0.29) is 18.0 Å². The fraction of sp³-hybridized carbons (Fsp3) is 0.538. The second-order valence-electron chi connectivity index (χ2n) is 5.68. The summed E-state index contributed by atoms with van der Waals surface area (Å²) in [5, 5.41) is 8.94. The van der Waals surface area contributed by atoms with Gasteiger partial charge in [-0.1, -0.05) is 0 Å². The molecule has 114 valence electrons. The average Bonchev–Trinajstić information content (AvgIpc) is 2.82. The van der Waals surface area contributed by atoms with E-state index in [1.54, 1.807) is 6.33 Å². The molecule has 0 aliphatic carbocycles. The van der Waals surface area contributed by atoms with Gasteiger partial charge in [-0.2, -0.15) is 9.97 Å². The van der Waals surface area contributed by atoms with Crippen LogP contribution < -0.4 is 16.0 Å². The molecular weight excluding hydrogens is 270 g/mol. The number of aromatic nitrogens is 4. The SMILES string of the molecule is CCNc1nc(NCC(=O)NC(C)(C)C)c2[nH]cnc2n1. The topological polar surface area (TPSA) is 108 Å². The number of imidazole rings is 1. The van der Waals surface area contributed by atoms with Gasteiger partial charge in [-0.3, -0.25) is 4.79 Å². The molecule has 0 fully saturated rings. The number of amides is 1. The lowest BCUT2D eigenvalue weighted by Crippen LogP contribution is -2.43. The quantitative estimate of drug-likeness (QED) is 0.657. The summed E-state index contributed by atoms with van der Waals surface area (Å²) in [6.07, 6.45) is 1.55. The molecule has 2 rings (SSSR count). The number of anilines is 2. The van der Waals surface area contributed by atoms with Gasteiger partial charge in [0.25, 0.3) is 0 Å². The number of nitrogens with zero attached hydrogens (tertiary/aromatic N) is 3. The third kappa shape index (κ3) is 4.04. The molecule has 21 heavy (non-hydrogen) atoms. The van der Waals surface area contributed by atoms with E-state index in [9.17, 15) is 4.79 Å². The molecule has 2 aromatic heterocycles. The van der Waals surface area contributed by atoms with Crippen LogP contribution in [0.1, 0.15) is 27.7 Å². The summed E-state index contributed by atoms with van der Waals surface area (Å²) >= 11 is 0. The van der Waals surface area contributed by atoms with Crippen LogP contribution in [0.3, 0.4) is 0 Å². The van der Waals surface area contributed by atoms with Gasteiger partial charge < -0.3 is 20.9 Å². The molecule has 4 N–H and O–H groups in total. The first kappa shape index (κ1) is 15.0. The molecule has 0 radical (unpaired) electrons. The molecule has 0 aromatic carbocycles. The van der Waals surface area contributed by atoms with E-state index >= 15 is 0 Å². The summed E-state index contributed by atoms with van der Waals surface area (Å²) in [7, 11) is 0. The van der Waals surface area contributed by atoms with Gasteiger partial charge in [0.2, 0.25) is 11.9 Å². The van der Waals surface area contributed by atoms with Crippen LogP contribution in [0.25, 0.3) is 11.2 Å². The molecule has 2 aromatic rings. The normalized spacial score (nSPS) is 11.4. The summed E-state index contributed by atoms with van der Waals surface area (Å²) in [6.45, 7) is 8.61. The number of H-pyrrole nitrogens is 1. The van der Waals surface area contributed by atoms with Crippen LogP contribution in [-0.4, -0.2) is 44.5 Å². The van der Waals surface area contributed by atoms with E-state index in [1.165, 1.54) is 0 Å². The molecule has 0 aliphatic heterocycles. The Morgan fingerprint density at radius 1 is 1.29 bits per heavy atom. The Labute approximate surface area is 123 Å². The number of aromatic amines is 1. The summed E-state index contributed by atoms with van der Waals surface area (Å²) in [6, 6.07) is 0. The van der Waals surface area contributed by atoms with E-state index in [2.05, 4.69) is 35.9 Å². The Morgan fingerprint density at radius 2 is 2.05 bits per heavy atom. The summed E-state index contributed by atoms with van der Waals surface area (Å²) in [4.78, 5) is 27.6. The highest BCUT2D eigenvalue weighted by Crippen LogP contribution is 2.18. The minimum atomic E-state index is -0.261. The maximum atomic E-state index is 11.9. The fourth-order valence-electron chi connectivity index (χ4n) is 1.82. The molecule has 8 heteroatoms. The van der Waals surface area contributed by atoms with Gasteiger partial charge in [0.1, 0.15) is 5.52 Å². The Morgan fingerprint density at radius 3 is 2.71 bits per heavy atom. The second kappa shape index (κ2) is 5.94. The Balaban J connectivity index is 2.13. The zero-order chi connectivity index (χ0) is 15.5. The maximum Gasteiger partial charge on any atom is 0.239 e. The van der Waals surface area contributed by atoms with Crippen molar-refractivity contribution in [2.75, 3.05) is 23.7 Å². The summed E-state index contributed by atoms with van der Waals surface area (Å²) in [5.74, 6) is 0.937. The second-order valence-corrected chi connectivity index (χ2v) is 5.68. The molecule has 2 heterocycles. The van der Waals surface area contributed by atoms with E-state index < -0.39 is 0 Å². The van der Waals surface area contributed by atoms with Crippen LogP contribution >= 0.6 is 0 Å². The summed E-state index contributed by atoms with van der Waals surface area (Å²) in [5.41, 5.74) is 0.975. The number of hydrogen-bond donors (Lipinski definition) is 4. The van der Waals surface area contributed by atoms with E-state index in [4.69, 9.17) is 0 Å². The summed E-state index contributed by atoms with van der Waals surface area (Å²) < 4.78 is 0. The van der Waals surface area contributed by atoms with Crippen LogP contribution in [0, 0.1) is 0 Å². The zero-order valence-corrected chi connectivity index (χ0v) is 12.7. The third-order valence-electron chi connectivity index (χ3n) is 2.55. The van der Waals surface area contributed by atoms with Crippen LogP contribution in [-0.2, 0) is 4.79 Å². The van der Waals surface area contributed by atoms with Gasteiger partial charge >= 0.3 is 0 Å². The highest BCUT2D eigenvalue weighted by Gasteiger charge is 2.15. The molecule has 8 nitrogen and oxygen atoms in total. The monoisotopic (exact) mass is 291 g/mol. The van der Waals surface area contributed by atoms with Crippen molar-refractivity contribution in [2.24, 2.45) is 0 Å². The highest BCUT2D eigenvalue weighted by molar-refractivity contribution is 5.87. The van der Waals surface area contributed by atoms with Crippen molar-refractivity contribution in [3.8, 4) is 0 Å². The number of carbonyl (C=O) groups is 1. The van der Waals surface area contributed by atoms with Crippen molar-refractivity contribution in [3.05, 3.63) is 6.33 Å². The lowest BCUT2D eigenvalue weighted by atomic mass is 10.1. The molecule has 0 saturated carbocycles. The molecule has 0 bridgehead atoms. The maximum absolute atomic E-state index is 11.9. The predicted octanol–water partition coefficient (Wildman–Crippen LogP) is 1.11. The highest BCUT2D eigenvalue weighted by atomic mass is 16.2. The number of carbonyl (C=O) groups excluding carboxylic acids is 1. The van der Waals surface area contributed by atoms with Crippen molar-refractivity contribution >= 4 is 28.8 Å². The lowest BCUT2D eigenvalue weighted by molar-refractivity contribution is -0.120. The fourth-order valence-corrected chi connectivity index (χ4v) is 1.82. The Kier molecular flexibility index (Phi) is 4.25. The van der Waals surface area contributed by atoms with Crippen LogP contribution in [0.4, 0.5) is 11.8 Å². The average molecular weight is 291 g/mol. The Bertz CT molecular complexity index is 629. The van der Waals surface area contributed by atoms with Crippen molar-refractivity contribution in [2.45, 2.75) is 33.2 Å². The van der Waals surface area contributed by atoms with Crippen LogP contribution in [0.5, 0.6) is 0 Å². The molecule has 0 aliphatic rings. The van der Waals surface area contributed by atoms with Crippen molar-refractivity contribution in [1.29, 1.82) is 0 Å². The van der Waals surface area contributed by atoms with E-state index in [0.29, 0.717) is 29.5 Å². The molecule has 0 saturated heterocycles. The Hall–Kier alpha value is -2.38. The molecule has 0 unspecified atom stereocenters. The predicted molar refractivity (Wildman–Crippen MR) is 82.2 cm³/mol. The van der Waals surface area contributed by atoms with E-state index in [0.717, 1.165) is 0 Å². The van der Waals surface area contributed by atoms with Crippen molar-refractivity contribution in [1.82, 2.24) is 25.3 Å². The lowest BCUT2D eigenvalue weighted by Gasteiger charge is -2.20. The minimum Gasteiger partial charge on any atom is -0.359 e. The number of nitrogens with one attached hydrogen (secondary N) is 4. The van der Waals surface area contributed by atoms with Gasteiger partial charge in [0, 0.05) is 12.1 Å². The van der Waals surface area contributed by atoms with Crippen molar-refractivity contribution in [3.63, 3.8) is 0 Å². The minimum absolute atomic E-state index is 0.0984. The van der Waals surface area contributed by atoms with Gasteiger partial charge in [-0.15, -0.1) is 0 Å². The third-order valence-corrected chi connectivity index (χ3v) is 2.55. The largest absolute Gasteiger partial charge is 0.359 e. The number of rotatable bonds is 5. The van der Waals surface area contributed by atoms with Gasteiger partial charge in [-0.05, 0) is 27.7 Å². The molecular formula is C13H21N7O. The first-order valence-electron chi connectivity index (χ1n) is 6.89. The van der Waals surface area contributed by atoms with Gasteiger partial charge in [-0.25, -0.2) is 4.98 Å². The number of fused-ring (bicyclic) bond motifs is 1. The standard InChI is InChI=1S/C13H21N7O/c1-5-14-12-18-10(9-11(19-12)17-7-16-9)15-6-8(21)20-13(2,3)4/h7H,5-6H2,1-4H3,(H,20,21)(H3,14,15,16,17,18,19). The van der Waals surface area contributed by atoms with E-state index in [1.807, 2.05) is 27.7 Å². The van der Waals surface area contributed by atoms with Crippen LogP contribution in [0.2, 0.25) is 0 Å². The molecule has 0 atom stereocenters. The van der Waals surface area contributed by atoms with Gasteiger partial charge in [0.15, 0.2) is 11.5 Å². The molecule has 1 amide bonds. The van der Waals surface area contributed by atoms with Crippen LogP contribution in [0.15, 0.2) is 6.33 Å². The smallest absolute Gasteiger partial charge is 0.239 e. The first-order valence-corrected chi connectivity index (χ1v) is 6.89. The van der Waals surface area contributed by atoms with Crippen molar-refractivity contribution < 1.29 is 4.79 Å².